The maximum atomic E-state index is 13.0. The lowest BCUT2D eigenvalue weighted by molar-refractivity contribution is -0.131. The molecule has 6 atom stereocenters. The molecular weight excluding hydrogens is 356 g/mol. The first-order valence-electron chi connectivity index (χ1n) is 10.5. The Morgan fingerprint density at radius 1 is 1.22 bits per heavy atom. The Bertz CT molecular complexity index is 760. The van der Waals surface area contributed by atoms with Crippen LogP contribution in [0.15, 0.2) is 23.5 Å². The Kier molecular flexibility index (Phi) is 4.53. The molecule has 0 N–H and O–H groups in total. The lowest BCUT2D eigenvalue weighted by Gasteiger charge is -2.56. The molecule has 0 saturated heterocycles. The van der Waals surface area contributed by atoms with E-state index in [9.17, 15) is 9.00 Å². The third-order valence-corrected chi connectivity index (χ3v) is 9.68. The summed E-state index contributed by atoms with van der Waals surface area (Å²) in [5.41, 5.74) is 1.45. The second-order valence-electron chi connectivity index (χ2n) is 10.4. The van der Waals surface area contributed by atoms with Crippen LogP contribution in [0.25, 0.3) is 0 Å². The van der Waals surface area contributed by atoms with Crippen LogP contribution >= 0.6 is 0 Å². The average molecular weight is 392 g/mol. The Morgan fingerprint density at radius 2 is 1.96 bits per heavy atom. The van der Waals surface area contributed by atoms with Crippen LogP contribution in [0.3, 0.4) is 0 Å². The van der Waals surface area contributed by atoms with Crippen molar-refractivity contribution in [3.63, 3.8) is 0 Å². The lowest BCUT2D eigenvalue weighted by Crippen LogP contribution is -2.51. The fourth-order valence-corrected chi connectivity index (χ4v) is 8.54. The minimum atomic E-state index is -1.84. The summed E-state index contributed by atoms with van der Waals surface area (Å²) in [7, 11) is -0.0667. The number of hydrogen-bond acceptors (Lipinski definition) is 3. The number of carbonyl (C=O) groups is 1. The van der Waals surface area contributed by atoms with Gasteiger partial charge in [-0.05, 0) is 60.5 Å². The first-order chi connectivity index (χ1) is 12.6. The van der Waals surface area contributed by atoms with E-state index in [4.69, 9.17) is 4.74 Å². The van der Waals surface area contributed by atoms with Crippen molar-refractivity contribution in [3.05, 3.63) is 23.5 Å². The number of ether oxygens (including phenoxy) is 1. The molecule has 150 valence electrons. The highest BCUT2D eigenvalue weighted by molar-refractivity contribution is 8.01. The molecular formula is C23H35O3S+. The molecule has 3 nitrogen and oxygen atoms in total. The van der Waals surface area contributed by atoms with Gasteiger partial charge in [0.05, 0.1) is 22.8 Å². The highest BCUT2D eigenvalue weighted by Crippen LogP contribution is 2.65. The van der Waals surface area contributed by atoms with Gasteiger partial charge in [0, 0.05) is 24.2 Å². The van der Waals surface area contributed by atoms with Gasteiger partial charge in [0.1, 0.15) is 24.0 Å². The molecule has 0 aliphatic heterocycles. The topological polar surface area (TPSA) is 43.4 Å². The van der Waals surface area contributed by atoms with E-state index in [1.54, 1.807) is 7.11 Å². The predicted molar refractivity (Wildman–Crippen MR) is 111 cm³/mol. The number of carbonyl (C=O) groups excluding carboxylic acids is 1. The van der Waals surface area contributed by atoms with Gasteiger partial charge in [-0.3, -0.25) is 4.79 Å². The van der Waals surface area contributed by atoms with Crippen molar-refractivity contribution in [2.45, 2.75) is 52.4 Å². The molecule has 27 heavy (non-hydrogen) atoms. The largest absolute Gasteiger partial charge is 0.501 e. The minimum absolute atomic E-state index is 0.194. The number of hydrogen-bond donors (Lipinski definition) is 0. The summed E-state index contributed by atoms with van der Waals surface area (Å²) in [4.78, 5) is 13.0. The molecule has 4 rings (SSSR count). The van der Waals surface area contributed by atoms with Crippen LogP contribution in [0.4, 0.5) is 0 Å². The molecule has 2 saturated carbocycles. The van der Waals surface area contributed by atoms with E-state index < -0.39 is 9.93 Å². The summed E-state index contributed by atoms with van der Waals surface area (Å²) >= 11 is 0. The highest BCUT2D eigenvalue weighted by atomic mass is 32.2. The van der Waals surface area contributed by atoms with Crippen molar-refractivity contribution in [1.29, 1.82) is 0 Å². The van der Waals surface area contributed by atoms with E-state index in [0.717, 1.165) is 37.9 Å². The van der Waals surface area contributed by atoms with Crippen LogP contribution < -0.4 is 0 Å². The number of rotatable bonds is 3. The van der Waals surface area contributed by atoms with E-state index >= 15 is 0 Å². The molecule has 0 aromatic heterocycles. The molecule has 0 amide bonds. The zero-order valence-corrected chi connectivity index (χ0v) is 18.4. The molecule has 0 heterocycles. The molecule has 0 aromatic carbocycles. The van der Waals surface area contributed by atoms with E-state index in [-0.39, 0.29) is 10.8 Å². The quantitative estimate of drug-likeness (QED) is 0.658. The number of methoxy groups -OCH3 is 1. The summed E-state index contributed by atoms with van der Waals surface area (Å²) in [5, 5.41) is 0. The van der Waals surface area contributed by atoms with E-state index in [0.29, 0.717) is 41.6 Å². The molecule has 0 bridgehead atoms. The third kappa shape index (κ3) is 2.97. The molecule has 0 spiro atoms. The Labute approximate surface area is 165 Å². The molecule has 0 radical (unpaired) electrons. The van der Waals surface area contributed by atoms with E-state index in [1.165, 1.54) is 5.57 Å². The zero-order chi connectivity index (χ0) is 19.6. The van der Waals surface area contributed by atoms with Gasteiger partial charge in [-0.2, -0.15) is 0 Å². The van der Waals surface area contributed by atoms with Crippen LogP contribution in [0, 0.1) is 34.5 Å². The molecule has 0 aromatic rings. The lowest BCUT2D eigenvalue weighted by atomic mass is 9.48. The minimum Gasteiger partial charge on any atom is -0.501 e. The van der Waals surface area contributed by atoms with Gasteiger partial charge in [-0.1, -0.05) is 19.9 Å². The van der Waals surface area contributed by atoms with Gasteiger partial charge in [0.25, 0.3) is 0 Å². The first-order valence-corrected chi connectivity index (χ1v) is 13.0. The molecule has 4 unspecified atom stereocenters. The fourth-order valence-electron chi connectivity index (χ4n) is 7.19. The second-order valence-corrected chi connectivity index (χ2v) is 13.6. The van der Waals surface area contributed by atoms with Crippen LogP contribution in [0.5, 0.6) is 0 Å². The van der Waals surface area contributed by atoms with E-state index in [2.05, 4.69) is 26.0 Å². The SMILES string of the molecule is COC1=CC2=CCC3C(CC[C@]4(C)C(=O)CC(C[S+](C)(C)=O)C34)[C@@]2(C)CC1. The van der Waals surface area contributed by atoms with Gasteiger partial charge in [0.2, 0.25) is 0 Å². The summed E-state index contributed by atoms with van der Waals surface area (Å²) in [6.07, 6.45) is 14.4. The van der Waals surface area contributed by atoms with Gasteiger partial charge < -0.3 is 4.74 Å². The molecule has 4 aliphatic rings. The smallest absolute Gasteiger partial charge is 0.139 e. The molecule has 4 heteroatoms. The normalized spacial score (nSPS) is 44.0. The van der Waals surface area contributed by atoms with Crippen LogP contribution in [-0.2, 0) is 23.7 Å². The maximum Gasteiger partial charge on any atom is 0.139 e. The third-order valence-electron chi connectivity index (χ3n) is 8.45. The van der Waals surface area contributed by atoms with Gasteiger partial charge >= 0.3 is 0 Å². The number of Topliss-reactive ketones (excluding diaryl/α,β-unsaturated/α-hetero) is 1. The summed E-state index contributed by atoms with van der Waals surface area (Å²) in [6.45, 7) is 4.66. The number of allylic oxidation sites excluding steroid dienone is 4. The standard InChI is InChI=1S/C23H35O3S/c1-22-10-8-17(26-3)13-16(22)6-7-18-19(22)9-11-23(2)20(24)12-15(21(18)23)14-27(4,5)25/h6,13,15,18-19,21H,7-12,14H2,1-5H3/q+1/t15?,18?,19?,21?,22-,23+/m0/s1. The van der Waals surface area contributed by atoms with Gasteiger partial charge in [-0.25, -0.2) is 0 Å². The summed E-state index contributed by atoms with van der Waals surface area (Å²) in [6, 6.07) is 0. The molecule has 4 aliphatic carbocycles. The predicted octanol–water partition coefficient (Wildman–Crippen LogP) is 4.64. The summed E-state index contributed by atoms with van der Waals surface area (Å²) in [5.74, 6) is 4.12. The van der Waals surface area contributed by atoms with Crippen molar-refractivity contribution < 1.29 is 13.7 Å². The van der Waals surface area contributed by atoms with Crippen LogP contribution in [0.2, 0.25) is 0 Å². The Balaban J connectivity index is 1.71. The van der Waals surface area contributed by atoms with Crippen molar-refractivity contribution in [3.8, 4) is 0 Å². The number of fused-ring (bicyclic) bond motifs is 5. The Hall–Kier alpha value is -0.900. The van der Waals surface area contributed by atoms with Crippen molar-refractivity contribution in [2.75, 3.05) is 25.4 Å². The first kappa shape index (κ1) is 19.4. The fraction of sp³-hybridized carbons (Fsp3) is 0.783. The van der Waals surface area contributed by atoms with Crippen LogP contribution in [-0.4, -0.2) is 31.2 Å². The van der Waals surface area contributed by atoms with Gasteiger partial charge in [-0.15, -0.1) is 4.21 Å². The van der Waals surface area contributed by atoms with Crippen molar-refractivity contribution in [2.24, 2.45) is 34.5 Å². The maximum absolute atomic E-state index is 13.0. The molecule has 2 fully saturated rings. The average Bonchev–Trinajstić information content (AvgIpc) is 2.83. The number of ketones is 1. The highest BCUT2D eigenvalue weighted by Gasteiger charge is 2.62. The van der Waals surface area contributed by atoms with Gasteiger partial charge in [0.15, 0.2) is 0 Å². The van der Waals surface area contributed by atoms with E-state index in [1.807, 2.05) is 12.5 Å². The second kappa shape index (κ2) is 6.30. The van der Waals surface area contributed by atoms with Crippen molar-refractivity contribution >= 4 is 15.7 Å². The zero-order valence-electron chi connectivity index (χ0n) is 17.5. The Morgan fingerprint density at radius 3 is 2.63 bits per heavy atom. The van der Waals surface area contributed by atoms with Crippen LogP contribution in [0.1, 0.15) is 52.4 Å². The summed E-state index contributed by atoms with van der Waals surface area (Å²) < 4.78 is 18.1. The van der Waals surface area contributed by atoms with Crippen molar-refractivity contribution in [1.82, 2.24) is 0 Å². The monoisotopic (exact) mass is 391 g/mol.